The van der Waals surface area contributed by atoms with Crippen molar-refractivity contribution >= 4 is 17.6 Å². The number of carbonyl (C=O) groups is 2. The summed E-state index contributed by atoms with van der Waals surface area (Å²) in [6, 6.07) is 7.53. The molecule has 21 heavy (non-hydrogen) atoms. The Labute approximate surface area is 119 Å². The van der Waals surface area contributed by atoms with E-state index in [0.717, 1.165) is 6.07 Å². The highest BCUT2D eigenvalue weighted by Gasteiger charge is 2.16. The minimum atomic E-state index is -1.31. The van der Waals surface area contributed by atoms with Gasteiger partial charge >= 0.3 is 5.97 Å². The number of hydrogen-bond acceptors (Lipinski definition) is 3. The lowest BCUT2D eigenvalue weighted by atomic mass is 10.1. The smallest absolute Gasteiger partial charge is 0.337 e. The second-order valence-corrected chi connectivity index (χ2v) is 4.47. The van der Waals surface area contributed by atoms with Gasteiger partial charge in [0.25, 0.3) is 5.91 Å². The zero-order chi connectivity index (χ0) is 15.6. The van der Waals surface area contributed by atoms with Crippen LogP contribution in [0.5, 0.6) is 5.75 Å². The molecule has 0 aliphatic rings. The molecular formula is C15H12FNO4. The monoisotopic (exact) mass is 289 g/mol. The summed E-state index contributed by atoms with van der Waals surface area (Å²) in [4.78, 5) is 23.1. The highest BCUT2D eigenvalue weighted by atomic mass is 19.1. The van der Waals surface area contributed by atoms with Gasteiger partial charge in [0.05, 0.1) is 16.8 Å². The number of aromatic carboxylic acids is 1. The predicted molar refractivity (Wildman–Crippen MR) is 74.2 cm³/mol. The maximum Gasteiger partial charge on any atom is 0.337 e. The molecule has 0 radical (unpaired) electrons. The van der Waals surface area contributed by atoms with Gasteiger partial charge in [-0.25, -0.2) is 9.18 Å². The van der Waals surface area contributed by atoms with Crippen LogP contribution in [0, 0.1) is 12.7 Å². The number of phenolic OH excluding ortho intramolecular Hbond substituents is 1. The van der Waals surface area contributed by atoms with Crippen molar-refractivity contribution in [3.8, 4) is 5.75 Å². The number of amides is 1. The van der Waals surface area contributed by atoms with Crippen LogP contribution in [0.4, 0.5) is 10.1 Å². The number of benzene rings is 2. The Morgan fingerprint density at radius 1 is 1.10 bits per heavy atom. The fourth-order valence-electron chi connectivity index (χ4n) is 1.82. The minimum Gasteiger partial charge on any atom is -0.508 e. The van der Waals surface area contributed by atoms with Gasteiger partial charge in [0.1, 0.15) is 11.6 Å². The Hall–Kier alpha value is -2.89. The fourth-order valence-corrected chi connectivity index (χ4v) is 1.82. The first-order valence-electron chi connectivity index (χ1n) is 6.02. The van der Waals surface area contributed by atoms with Gasteiger partial charge in [-0.3, -0.25) is 4.79 Å². The molecular weight excluding hydrogens is 277 g/mol. The van der Waals surface area contributed by atoms with E-state index in [4.69, 9.17) is 5.11 Å². The summed E-state index contributed by atoms with van der Waals surface area (Å²) in [5.41, 5.74) is 0.216. The number of halogens is 1. The maximum atomic E-state index is 13.6. The molecule has 0 aromatic heterocycles. The molecule has 0 heterocycles. The summed E-state index contributed by atoms with van der Waals surface area (Å²) < 4.78 is 13.6. The van der Waals surface area contributed by atoms with Gasteiger partial charge in [0.15, 0.2) is 0 Å². The van der Waals surface area contributed by atoms with Gasteiger partial charge in [0, 0.05) is 0 Å². The number of aromatic hydroxyl groups is 1. The zero-order valence-corrected chi connectivity index (χ0v) is 11.1. The van der Waals surface area contributed by atoms with Crippen LogP contribution in [0.15, 0.2) is 36.4 Å². The molecule has 0 atom stereocenters. The molecule has 0 aliphatic carbocycles. The highest BCUT2D eigenvalue weighted by molar-refractivity contribution is 6.08. The van der Waals surface area contributed by atoms with Crippen LogP contribution in [-0.4, -0.2) is 22.1 Å². The topological polar surface area (TPSA) is 86.6 Å². The molecule has 108 valence electrons. The van der Waals surface area contributed by atoms with E-state index in [1.165, 1.54) is 30.3 Å². The minimum absolute atomic E-state index is 0.0220. The summed E-state index contributed by atoms with van der Waals surface area (Å²) in [6.07, 6.45) is 0. The number of carboxylic acids is 1. The third-order valence-electron chi connectivity index (χ3n) is 2.85. The van der Waals surface area contributed by atoms with Crippen molar-refractivity contribution in [3.63, 3.8) is 0 Å². The number of phenols is 1. The van der Waals surface area contributed by atoms with Crippen molar-refractivity contribution in [2.75, 3.05) is 5.32 Å². The highest BCUT2D eigenvalue weighted by Crippen LogP contribution is 2.22. The molecule has 2 aromatic rings. The number of carbonyl (C=O) groups excluding carboxylic acids is 1. The van der Waals surface area contributed by atoms with E-state index < -0.39 is 17.7 Å². The molecule has 0 fully saturated rings. The first-order chi connectivity index (χ1) is 9.88. The molecule has 6 heteroatoms. The molecule has 0 saturated carbocycles. The average molecular weight is 289 g/mol. The molecule has 0 aliphatic heterocycles. The lowest BCUT2D eigenvalue weighted by molar-refractivity contribution is 0.0697. The van der Waals surface area contributed by atoms with Crippen molar-refractivity contribution in [1.82, 2.24) is 0 Å². The van der Waals surface area contributed by atoms with Gasteiger partial charge in [0.2, 0.25) is 0 Å². The number of anilines is 1. The van der Waals surface area contributed by atoms with Crippen molar-refractivity contribution in [1.29, 1.82) is 0 Å². The van der Waals surface area contributed by atoms with Crippen molar-refractivity contribution in [2.45, 2.75) is 6.92 Å². The molecule has 2 aromatic carbocycles. The van der Waals surface area contributed by atoms with Crippen molar-refractivity contribution in [2.24, 2.45) is 0 Å². The maximum absolute atomic E-state index is 13.6. The van der Waals surface area contributed by atoms with E-state index >= 15 is 0 Å². The molecule has 2 rings (SSSR count). The van der Waals surface area contributed by atoms with Crippen LogP contribution in [0.3, 0.4) is 0 Å². The van der Waals surface area contributed by atoms with Gasteiger partial charge in [-0.05, 0) is 37.3 Å². The summed E-state index contributed by atoms with van der Waals surface area (Å²) in [5, 5.41) is 20.7. The van der Waals surface area contributed by atoms with Crippen LogP contribution < -0.4 is 5.32 Å². The Balaban J connectivity index is 2.36. The molecule has 0 bridgehead atoms. The molecule has 1 amide bonds. The normalized spacial score (nSPS) is 10.2. The largest absolute Gasteiger partial charge is 0.508 e. The first kappa shape index (κ1) is 14.5. The SMILES string of the molecule is Cc1ccc(F)c(C(=O)Nc2ccc(O)cc2C(=O)O)c1. The number of nitrogens with one attached hydrogen (secondary N) is 1. The summed E-state index contributed by atoms with van der Waals surface area (Å²) in [6.45, 7) is 1.71. The number of carboxylic acid groups (broad SMARTS) is 1. The van der Waals surface area contributed by atoms with Crippen molar-refractivity contribution < 1.29 is 24.2 Å². The average Bonchev–Trinajstić information content (AvgIpc) is 2.43. The van der Waals surface area contributed by atoms with Gasteiger partial charge in [-0.1, -0.05) is 11.6 Å². The van der Waals surface area contributed by atoms with Crippen LogP contribution in [0.1, 0.15) is 26.3 Å². The first-order valence-corrected chi connectivity index (χ1v) is 6.02. The third kappa shape index (κ3) is 3.17. The van der Waals surface area contributed by atoms with E-state index in [9.17, 15) is 19.1 Å². The van der Waals surface area contributed by atoms with Crippen LogP contribution >= 0.6 is 0 Å². The second kappa shape index (κ2) is 5.62. The van der Waals surface area contributed by atoms with Gasteiger partial charge in [-0.2, -0.15) is 0 Å². The Morgan fingerprint density at radius 2 is 1.81 bits per heavy atom. The van der Waals surface area contributed by atoms with Crippen LogP contribution in [0.2, 0.25) is 0 Å². The lowest BCUT2D eigenvalue weighted by Crippen LogP contribution is -2.16. The molecule has 3 N–H and O–H groups in total. The van der Waals surface area contributed by atoms with Crippen LogP contribution in [0.25, 0.3) is 0 Å². The van der Waals surface area contributed by atoms with E-state index in [1.807, 2.05) is 0 Å². The van der Waals surface area contributed by atoms with E-state index in [2.05, 4.69) is 5.32 Å². The van der Waals surface area contributed by atoms with Crippen molar-refractivity contribution in [3.05, 3.63) is 58.9 Å². The summed E-state index contributed by atoms with van der Waals surface area (Å²) in [7, 11) is 0. The number of hydrogen-bond donors (Lipinski definition) is 3. The molecule has 0 spiro atoms. The quantitative estimate of drug-likeness (QED) is 0.758. The molecule has 0 unspecified atom stereocenters. The van der Waals surface area contributed by atoms with E-state index in [-0.39, 0.29) is 22.6 Å². The zero-order valence-electron chi connectivity index (χ0n) is 11.1. The molecule has 5 nitrogen and oxygen atoms in total. The Bertz CT molecular complexity index is 728. The summed E-state index contributed by atoms with van der Waals surface area (Å²) in [5.74, 6) is -3.02. The van der Waals surface area contributed by atoms with E-state index in [1.54, 1.807) is 6.92 Å². The summed E-state index contributed by atoms with van der Waals surface area (Å²) >= 11 is 0. The molecule has 0 saturated heterocycles. The van der Waals surface area contributed by atoms with Gasteiger partial charge < -0.3 is 15.5 Å². The number of aryl methyl sites for hydroxylation is 1. The van der Waals surface area contributed by atoms with Gasteiger partial charge in [-0.15, -0.1) is 0 Å². The second-order valence-electron chi connectivity index (χ2n) is 4.47. The number of rotatable bonds is 3. The lowest BCUT2D eigenvalue weighted by Gasteiger charge is -2.10. The third-order valence-corrected chi connectivity index (χ3v) is 2.85. The fraction of sp³-hybridized carbons (Fsp3) is 0.0667. The Kier molecular flexibility index (Phi) is 3.89. The van der Waals surface area contributed by atoms with E-state index in [0.29, 0.717) is 5.56 Å². The Morgan fingerprint density at radius 3 is 2.48 bits per heavy atom. The van der Waals surface area contributed by atoms with Crippen LogP contribution in [-0.2, 0) is 0 Å². The standard InChI is InChI=1S/C15H12FNO4/c1-8-2-4-12(16)10(6-8)14(19)17-13-5-3-9(18)7-11(13)15(20)21/h2-7,18H,1H3,(H,17,19)(H,20,21). The predicted octanol–water partition coefficient (Wildman–Crippen LogP) is 2.79.